The summed E-state index contributed by atoms with van der Waals surface area (Å²) in [7, 11) is 4.99. The monoisotopic (exact) mass is 282 g/mol. The van der Waals surface area contributed by atoms with Crippen LogP contribution in [0.25, 0.3) is 0 Å². The summed E-state index contributed by atoms with van der Waals surface area (Å²) in [6.07, 6.45) is 1.70. The number of aryl methyl sites for hydroxylation is 1. The number of nitrogens with one attached hydrogen (secondary N) is 1. The van der Waals surface area contributed by atoms with Crippen LogP contribution in [0.15, 0.2) is 18.3 Å². The largest absolute Gasteiger partial charge is 0.493 e. The van der Waals surface area contributed by atoms with E-state index in [9.17, 15) is 0 Å². The van der Waals surface area contributed by atoms with E-state index in [2.05, 4.69) is 15.6 Å². The van der Waals surface area contributed by atoms with E-state index in [0.717, 1.165) is 11.4 Å². The van der Waals surface area contributed by atoms with Gasteiger partial charge in [-0.3, -0.25) is 4.68 Å². The summed E-state index contributed by atoms with van der Waals surface area (Å²) in [6, 6.07) is 3.51. The first-order valence-electron chi connectivity index (χ1n) is 5.64. The Balaban J connectivity index is 2.18. The van der Waals surface area contributed by atoms with Crippen molar-refractivity contribution in [1.82, 2.24) is 15.0 Å². The number of ether oxygens (including phenoxy) is 2. The molecule has 0 atom stereocenters. The maximum Gasteiger partial charge on any atom is 0.162 e. The van der Waals surface area contributed by atoms with Crippen LogP contribution in [0.3, 0.4) is 0 Å². The summed E-state index contributed by atoms with van der Waals surface area (Å²) < 4.78 is 12.1. The number of aromatic nitrogens is 3. The Labute approximate surface area is 116 Å². The molecule has 1 aromatic carbocycles. The molecule has 0 saturated carbocycles. The molecule has 0 aliphatic heterocycles. The first-order chi connectivity index (χ1) is 9.15. The highest BCUT2D eigenvalue weighted by Gasteiger charge is 2.10. The maximum absolute atomic E-state index is 6.18. The Morgan fingerprint density at radius 1 is 1.26 bits per heavy atom. The van der Waals surface area contributed by atoms with Gasteiger partial charge in [-0.25, -0.2) is 0 Å². The number of halogens is 1. The number of anilines is 1. The standard InChI is InChI=1S/C12H15ClN4O2/c1-17-8(7-15-16-17)6-14-10-5-12(19-3)11(18-2)4-9(10)13/h4-5,7,14H,6H2,1-3H3. The van der Waals surface area contributed by atoms with Crippen molar-refractivity contribution in [3.63, 3.8) is 0 Å². The Hall–Kier alpha value is -1.95. The minimum absolute atomic E-state index is 0.563. The lowest BCUT2D eigenvalue weighted by atomic mass is 10.2. The van der Waals surface area contributed by atoms with E-state index in [4.69, 9.17) is 21.1 Å². The van der Waals surface area contributed by atoms with E-state index in [1.165, 1.54) is 0 Å². The van der Waals surface area contributed by atoms with Gasteiger partial charge in [0, 0.05) is 19.2 Å². The molecule has 0 aliphatic rings. The van der Waals surface area contributed by atoms with Gasteiger partial charge >= 0.3 is 0 Å². The molecular formula is C12H15ClN4O2. The minimum Gasteiger partial charge on any atom is -0.493 e. The molecule has 2 rings (SSSR count). The summed E-state index contributed by atoms with van der Waals surface area (Å²) in [5, 5.41) is 11.5. The van der Waals surface area contributed by atoms with Gasteiger partial charge in [-0.1, -0.05) is 16.8 Å². The SMILES string of the molecule is COc1cc(Cl)c(NCc2cnnn2C)cc1OC. The predicted molar refractivity (Wildman–Crippen MR) is 72.9 cm³/mol. The normalized spacial score (nSPS) is 10.3. The van der Waals surface area contributed by atoms with Crippen LogP contribution in [-0.4, -0.2) is 29.2 Å². The van der Waals surface area contributed by atoms with Gasteiger partial charge in [-0.15, -0.1) is 5.10 Å². The second kappa shape index (κ2) is 5.79. The van der Waals surface area contributed by atoms with Crippen molar-refractivity contribution in [2.45, 2.75) is 6.54 Å². The van der Waals surface area contributed by atoms with Crippen LogP contribution in [0.1, 0.15) is 5.69 Å². The van der Waals surface area contributed by atoms with Crippen molar-refractivity contribution in [3.05, 3.63) is 29.0 Å². The van der Waals surface area contributed by atoms with Gasteiger partial charge in [0.25, 0.3) is 0 Å². The lowest BCUT2D eigenvalue weighted by Crippen LogP contribution is -2.06. The fourth-order valence-corrected chi connectivity index (χ4v) is 1.87. The summed E-state index contributed by atoms with van der Waals surface area (Å²) in [5.41, 5.74) is 1.71. The van der Waals surface area contributed by atoms with E-state index in [1.807, 2.05) is 7.05 Å². The van der Waals surface area contributed by atoms with Crippen LogP contribution in [0.2, 0.25) is 5.02 Å². The molecule has 1 N–H and O–H groups in total. The number of rotatable bonds is 5. The molecule has 0 spiro atoms. The van der Waals surface area contributed by atoms with Crippen molar-refractivity contribution in [3.8, 4) is 11.5 Å². The van der Waals surface area contributed by atoms with Crippen LogP contribution < -0.4 is 14.8 Å². The summed E-state index contributed by atoms with van der Waals surface area (Å²) >= 11 is 6.18. The third-order valence-corrected chi connectivity index (χ3v) is 3.05. The van der Waals surface area contributed by atoms with Gasteiger partial charge in [0.2, 0.25) is 0 Å². The molecule has 102 valence electrons. The third-order valence-electron chi connectivity index (χ3n) is 2.74. The minimum atomic E-state index is 0.563. The summed E-state index contributed by atoms with van der Waals surface area (Å²) in [4.78, 5) is 0. The van der Waals surface area contributed by atoms with Crippen molar-refractivity contribution >= 4 is 17.3 Å². The fourth-order valence-electron chi connectivity index (χ4n) is 1.65. The van der Waals surface area contributed by atoms with Gasteiger partial charge in [0.15, 0.2) is 11.5 Å². The van der Waals surface area contributed by atoms with E-state index in [-0.39, 0.29) is 0 Å². The maximum atomic E-state index is 6.18. The Bertz CT molecular complexity index is 571. The highest BCUT2D eigenvalue weighted by molar-refractivity contribution is 6.33. The summed E-state index contributed by atoms with van der Waals surface area (Å²) in [6.45, 7) is 0.568. The number of hydrogen-bond donors (Lipinski definition) is 1. The molecule has 0 amide bonds. The molecule has 7 heteroatoms. The number of benzene rings is 1. The van der Waals surface area contributed by atoms with Gasteiger partial charge in [0.1, 0.15) is 0 Å². The molecule has 0 radical (unpaired) electrons. The van der Waals surface area contributed by atoms with Gasteiger partial charge in [0.05, 0.1) is 43.4 Å². The first kappa shape index (κ1) is 13.5. The fraction of sp³-hybridized carbons (Fsp3) is 0.333. The van der Waals surface area contributed by atoms with E-state index in [1.54, 1.807) is 37.2 Å². The highest BCUT2D eigenvalue weighted by atomic mass is 35.5. The lowest BCUT2D eigenvalue weighted by Gasteiger charge is -2.13. The Morgan fingerprint density at radius 2 is 1.95 bits per heavy atom. The molecule has 0 bridgehead atoms. The molecule has 6 nitrogen and oxygen atoms in total. The quantitative estimate of drug-likeness (QED) is 0.910. The van der Waals surface area contributed by atoms with Gasteiger partial charge in [-0.05, 0) is 0 Å². The van der Waals surface area contributed by atoms with Crippen LogP contribution in [0, 0.1) is 0 Å². The predicted octanol–water partition coefficient (Wildman–Crippen LogP) is 2.10. The van der Waals surface area contributed by atoms with Crippen LogP contribution in [-0.2, 0) is 13.6 Å². The van der Waals surface area contributed by atoms with Crippen LogP contribution in [0.4, 0.5) is 5.69 Å². The number of hydrogen-bond acceptors (Lipinski definition) is 5. The average Bonchev–Trinajstić information content (AvgIpc) is 2.82. The van der Waals surface area contributed by atoms with Crippen molar-refractivity contribution < 1.29 is 9.47 Å². The second-order valence-electron chi connectivity index (χ2n) is 3.89. The van der Waals surface area contributed by atoms with Crippen molar-refractivity contribution in [1.29, 1.82) is 0 Å². The average molecular weight is 283 g/mol. The molecule has 0 saturated heterocycles. The van der Waals surface area contributed by atoms with E-state index >= 15 is 0 Å². The van der Waals surface area contributed by atoms with E-state index in [0.29, 0.717) is 23.1 Å². The molecule has 0 unspecified atom stereocenters. The van der Waals surface area contributed by atoms with Crippen LogP contribution in [0.5, 0.6) is 11.5 Å². The molecule has 0 fully saturated rings. The van der Waals surface area contributed by atoms with Gasteiger partial charge in [-0.2, -0.15) is 0 Å². The lowest BCUT2D eigenvalue weighted by molar-refractivity contribution is 0.355. The highest BCUT2D eigenvalue weighted by Crippen LogP contribution is 2.36. The van der Waals surface area contributed by atoms with Gasteiger partial charge < -0.3 is 14.8 Å². The first-order valence-corrected chi connectivity index (χ1v) is 6.02. The van der Waals surface area contributed by atoms with Crippen molar-refractivity contribution in [2.75, 3.05) is 19.5 Å². The Kier molecular flexibility index (Phi) is 4.11. The molecule has 19 heavy (non-hydrogen) atoms. The number of nitrogens with zero attached hydrogens (tertiary/aromatic N) is 3. The molecule has 2 aromatic rings. The third kappa shape index (κ3) is 2.90. The number of methoxy groups -OCH3 is 2. The van der Waals surface area contributed by atoms with E-state index < -0.39 is 0 Å². The zero-order chi connectivity index (χ0) is 13.8. The van der Waals surface area contributed by atoms with Crippen LogP contribution >= 0.6 is 11.6 Å². The molecule has 0 aliphatic carbocycles. The summed E-state index contributed by atoms with van der Waals surface area (Å²) in [5.74, 6) is 1.22. The zero-order valence-corrected chi connectivity index (χ0v) is 11.7. The zero-order valence-electron chi connectivity index (χ0n) is 11.0. The molecule has 1 heterocycles. The second-order valence-corrected chi connectivity index (χ2v) is 4.30. The Morgan fingerprint density at radius 3 is 2.53 bits per heavy atom. The molecule has 1 aromatic heterocycles. The smallest absolute Gasteiger partial charge is 0.162 e. The topological polar surface area (TPSA) is 61.2 Å². The van der Waals surface area contributed by atoms with Crippen molar-refractivity contribution in [2.24, 2.45) is 7.05 Å². The molecular weight excluding hydrogens is 268 g/mol.